The lowest BCUT2D eigenvalue weighted by Gasteiger charge is -2.40. The molecule has 0 radical (unpaired) electrons. The third-order valence-corrected chi connectivity index (χ3v) is 5.92. The van der Waals surface area contributed by atoms with Gasteiger partial charge in [-0.25, -0.2) is 4.68 Å². The van der Waals surface area contributed by atoms with Crippen molar-refractivity contribution in [1.29, 1.82) is 5.41 Å². The van der Waals surface area contributed by atoms with E-state index in [9.17, 15) is 24.2 Å². The highest BCUT2D eigenvalue weighted by Crippen LogP contribution is 3.02. The highest BCUT2D eigenvalue weighted by molar-refractivity contribution is 8.45. The molecule has 0 atom stereocenters. The van der Waals surface area contributed by atoms with Gasteiger partial charge in [0.1, 0.15) is 17.2 Å². The first-order chi connectivity index (χ1) is 13.5. The third-order valence-electron chi connectivity index (χ3n) is 4.43. The first kappa shape index (κ1) is 22.0. The summed E-state index contributed by atoms with van der Waals surface area (Å²) in [5, 5.41) is 16.2. The molecule has 3 rings (SSSR count). The molecule has 0 saturated heterocycles. The summed E-state index contributed by atoms with van der Waals surface area (Å²) in [6, 6.07) is 1.10. The summed E-state index contributed by atoms with van der Waals surface area (Å²) in [7, 11) is -9.06. The molecule has 0 amide bonds. The molecule has 0 aliphatic rings. The zero-order chi connectivity index (χ0) is 22.7. The molecule has 30 heavy (non-hydrogen) atoms. The summed E-state index contributed by atoms with van der Waals surface area (Å²) < 4.78 is 72.7. The van der Waals surface area contributed by atoms with Gasteiger partial charge >= 0.3 is 10.2 Å². The summed E-state index contributed by atoms with van der Waals surface area (Å²) >= 11 is 5.99. The lowest BCUT2D eigenvalue weighted by atomic mass is 10.1. The van der Waals surface area contributed by atoms with Gasteiger partial charge in [-0.15, -0.1) is 5.10 Å². The van der Waals surface area contributed by atoms with Gasteiger partial charge in [0.05, 0.1) is 7.11 Å². The number of hydrogen-bond acceptors (Lipinski definition) is 5. The SMILES string of the molecule is COc1cc(C(=O)Cn2nc3c(C)c(C)c(Cl)nn3c2=N)cc(S(F)(F)(F)(F)F)c1. The Hall–Kier alpha value is -2.67. The van der Waals surface area contributed by atoms with E-state index in [4.69, 9.17) is 17.0 Å². The van der Waals surface area contributed by atoms with E-state index < -0.39 is 38.8 Å². The predicted molar refractivity (Wildman–Crippen MR) is 100 cm³/mol. The zero-order valence-corrected chi connectivity index (χ0v) is 17.3. The summed E-state index contributed by atoms with van der Waals surface area (Å²) in [5.74, 6) is -1.55. The normalized spacial score (nSPS) is 14.4. The number of carbonyl (C=O) groups excluding carboxylic acids is 1. The molecule has 3 aromatic rings. The lowest BCUT2D eigenvalue weighted by molar-refractivity contribution is 0.0965. The van der Waals surface area contributed by atoms with Crippen molar-refractivity contribution in [2.45, 2.75) is 25.3 Å². The minimum Gasteiger partial charge on any atom is -0.497 e. The number of hydrogen-bond donors (Lipinski definition) is 1. The van der Waals surface area contributed by atoms with Crippen molar-refractivity contribution in [3.05, 3.63) is 45.7 Å². The smallest absolute Gasteiger partial charge is 0.310 e. The Morgan fingerprint density at radius 2 is 1.77 bits per heavy atom. The van der Waals surface area contributed by atoms with Crippen LogP contribution >= 0.6 is 21.8 Å². The van der Waals surface area contributed by atoms with Crippen LogP contribution in [0.15, 0.2) is 23.1 Å². The first-order valence-corrected chi connectivity index (χ1v) is 10.5. The Bertz CT molecular complexity index is 1270. The number of nitrogens with zero attached hydrogens (tertiary/aromatic N) is 4. The van der Waals surface area contributed by atoms with Gasteiger partial charge in [-0.1, -0.05) is 31.0 Å². The molecule has 0 fully saturated rings. The van der Waals surface area contributed by atoms with Gasteiger partial charge in [-0.3, -0.25) is 10.2 Å². The van der Waals surface area contributed by atoms with Crippen molar-refractivity contribution in [2.75, 3.05) is 7.11 Å². The maximum Gasteiger partial charge on any atom is 0.310 e. The highest BCUT2D eigenvalue weighted by Gasteiger charge is 2.65. The Labute approximate surface area is 171 Å². The van der Waals surface area contributed by atoms with Crippen LogP contribution in [0.5, 0.6) is 5.75 Å². The maximum atomic E-state index is 13.2. The second kappa shape index (κ2) is 6.17. The van der Waals surface area contributed by atoms with Crippen molar-refractivity contribution in [1.82, 2.24) is 19.4 Å². The quantitative estimate of drug-likeness (QED) is 0.426. The monoisotopic (exact) mass is 471 g/mol. The van der Waals surface area contributed by atoms with Crippen LogP contribution in [0.1, 0.15) is 21.5 Å². The number of nitrogens with one attached hydrogen (secondary N) is 1. The fourth-order valence-electron chi connectivity index (χ4n) is 2.64. The van der Waals surface area contributed by atoms with Crippen LogP contribution < -0.4 is 10.4 Å². The van der Waals surface area contributed by atoms with Crippen molar-refractivity contribution in [2.24, 2.45) is 0 Å². The zero-order valence-electron chi connectivity index (χ0n) is 15.7. The molecule has 1 N–H and O–H groups in total. The van der Waals surface area contributed by atoms with E-state index in [0.29, 0.717) is 11.1 Å². The van der Waals surface area contributed by atoms with E-state index >= 15 is 0 Å². The molecule has 2 aromatic heterocycles. The summed E-state index contributed by atoms with van der Waals surface area (Å²) in [5.41, 5.74) is 0.355. The number of aryl methyl sites for hydroxylation is 1. The van der Waals surface area contributed by atoms with Gasteiger partial charge in [-0.05, 0) is 31.5 Å². The Balaban J connectivity index is 2.08. The average Bonchev–Trinajstić information content (AvgIpc) is 2.93. The maximum absolute atomic E-state index is 13.2. The van der Waals surface area contributed by atoms with Crippen LogP contribution in [-0.2, 0) is 6.54 Å². The topological polar surface area (TPSA) is 85.3 Å². The van der Waals surface area contributed by atoms with Crippen LogP contribution in [0.3, 0.4) is 0 Å². The molecule has 0 spiro atoms. The average molecular weight is 472 g/mol. The van der Waals surface area contributed by atoms with E-state index in [1.807, 2.05) is 0 Å². The van der Waals surface area contributed by atoms with Crippen molar-refractivity contribution < 1.29 is 29.0 Å². The van der Waals surface area contributed by atoms with Gasteiger partial charge in [0.2, 0.25) is 5.62 Å². The number of fused-ring (bicyclic) bond motifs is 1. The Morgan fingerprint density at radius 3 is 2.33 bits per heavy atom. The predicted octanol–water partition coefficient (Wildman–Crippen LogP) is 4.83. The van der Waals surface area contributed by atoms with Gasteiger partial charge in [0.15, 0.2) is 16.6 Å². The van der Waals surface area contributed by atoms with E-state index in [1.54, 1.807) is 13.8 Å². The number of benzene rings is 1. The Morgan fingerprint density at radius 1 is 1.13 bits per heavy atom. The standard InChI is InChI=1S/C16H15ClF5N5O2S/c1-8-9(2)15-25-26(16(23)27(15)24-14(8)17)7-13(28)10-4-11(29-3)6-12(5-10)30(18,19,20,21)22/h4-6,23H,7H2,1-3H3. The number of methoxy groups -OCH3 is 1. The van der Waals surface area contributed by atoms with Crippen LogP contribution in [0.25, 0.3) is 5.65 Å². The van der Waals surface area contributed by atoms with E-state index in [1.165, 1.54) is 0 Å². The van der Waals surface area contributed by atoms with Crippen LogP contribution in [0.4, 0.5) is 19.4 Å². The van der Waals surface area contributed by atoms with Crippen molar-refractivity contribution >= 4 is 33.3 Å². The molecular formula is C16H15ClF5N5O2S. The number of ether oxygens (including phenoxy) is 1. The molecule has 0 aliphatic heterocycles. The largest absolute Gasteiger partial charge is 0.497 e. The number of aromatic nitrogens is 4. The van der Waals surface area contributed by atoms with Crippen LogP contribution in [0.2, 0.25) is 5.15 Å². The molecule has 0 unspecified atom stereocenters. The summed E-state index contributed by atoms with van der Waals surface area (Å²) in [6.07, 6.45) is 0. The first-order valence-electron chi connectivity index (χ1n) is 8.15. The van der Waals surface area contributed by atoms with Crippen molar-refractivity contribution in [3.8, 4) is 5.75 Å². The second-order valence-corrected chi connectivity index (χ2v) is 9.31. The van der Waals surface area contributed by atoms with Crippen LogP contribution in [-0.4, -0.2) is 32.3 Å². The molecule has 0 bridgehead atoms. The minimum atomic E-state index is -10.0. The highest BCUT2D eigenvalue weighted by atomic mass is 35.5. The van der Waals surface area contributed by atoms with E-state index in [0.717, 1.165) is 22.4 Å². The minimum absolute atomic E-state index is 0.0664. The van der Waals surface area contributed by atoms with Crippen LogP contribution in [0, 0.1) is 19.3 Å². The van der Waals surface area contributed by atoms with E-state index in [-0.39, 0.29) is 28.6 Å². The molecule has 14 heteroatoms. The number of ketones is 1. The fraction of sp³-hybridized carbons (Fsp3) is 0.250. The molecular weight excluding hydrogens is 457 g/mol. The molecule has 164 valence electrons. The molecule has 7 nitrogen and oxygen atoms in total. The number of halogens is 6. The second-order valence-electron chi connectivity index (χ2n) is 6.55. The lowest BCUT2D eigenvalue weighted by Crippen LogP contribution is -2.26. The summed E-state index contributed by atoms with van der Waals surface area (Å²) in [6.45, 7) is 2.65. The number of rotatable bonds is 5. The van der Waals surface area contributed by atoms with Crippen molar-refractivity contribution in [3.63, 3.8) is 0 Å². The van der Waals surface area contributed by atoms with Gasteiger partial charge < -0.3 is 4.74 Å². The molecule has 2 heterocycles. The number of carbonyl (C=O) groups is 1. The van der Waals surface area contributed by atoms with Gasteiger partial charge in [-0.2, -0.15) is 9.61 Å². The Kier molecular flexibility index (Phi) is 4.53. The third kappa shape index (κ3) is 3.99. The summed E-state index contributed by atoms with van der Waals surface area (Å²) in [4.78, 5) is 10.3. The molecule has 1 aromatic carbocycles. The fourth-order valence-corrected chi connectivity index (χ4v) is 3.54. The van der Waals surface area contributed by atoms with E-state index in [2.05, 4.69) is 14.9 Å². The molecule has 0 saturated carbocycles. The van der Waals surface area contributed by atoms with Gasteiger partial charge in [0, 0.05) is 17.2 Å². The molecule has 0 aliphatic carbocycles. The number of Topliss-reactive ketones (excluding diaryl/α,β-unsaturated/α-hetero) is 1. The van der Waals surface area contributed by atoms with Gasteiger partial charge in [0.25, 0.3) is 0 Å².